The molecular weight excluding hydrogens is 232 g/mol. The van der Waals surface area contributed by atoms with E-state index in [1.54, 1.807) is 12.1 Å². The molecule has 0 aliphatic heterocycles. The zero-order valence-corrected chi connectivity index (χ0v) is 10.8. The number of rotatable bonds is 6. The van der Waals surface area contributed by atoms with Gasteiger partial charge in [-0.15, -0.1) is 0 Å². The summed E-state index contributed by atoms with van der Waals surface area (Å²) < 4.78 is 10.2. The van der Waals surface area contributed by atoms with Crippen LogP contribution in [0.3, 0.4) is 0 Å². The molecule has 0 spiro atoms. The van der Waals surface area contributed by atoms with E-state index in [-0.39, 0.29) is 12.0 Å². The molecule has 1 atom stereocenters. The number of benzene rings is 1. The summed E-state index contributed by atoms with van der Waals surface area (Å²) in [5.41, 5.74) is 12.4. The Labute approximate surface area is 107 Å². The highest BCUT2D eigenvalue weighted by molar-refractivity contribution is 5.70. The van der Waals surface area contributed by atoms with Crippen LogP contribution in [-0.2, 0) is 4.79 Å². The standard InChI is InChI=1S/C13H20N2O3/c1-9(16)18-12-6-5-10(8-13(12)17-2)11(15)4-3-7-14/h5-6,8,11H,3-4,7,14-15H2,1-2H3/t11-/m0/s1. The van der Waals surface area contributed by atoms with Crippen molar-refractivity contribution in [2.45, 2.75) is 25.8 Å². The maximum atomic E-state index is 10.9. The van der Waals surface area contributed by atoms with Crippen LogP contribution in [0.15, 0.2) is 18.2 Å². The van der Waals surface area contributed by atoms with Gasteiger partial charge in [-0.05, 0) is 37.1 Å². The second kappa shape index (κ2) is 6.98. The normalized spacial score (nSPS) is 12.0. The summed E-state index contributed by atoms with van der Waals surface area (Å²) in [5, 5.41) is 0. The Morgan fingerprint density at radius 1 is 1.39 bits per heavy atom. The van der Waals surface area contributed by atoms with E-state index >= 15 is 0 Å². The van der Waals surface area contributed by atoms with Crippen molar-refractivity contribution in [1.29, 1.82) is 0 Å². The number of hydrogen-bond donors (Lipinski definition) is 2. The molecule has 1 aromatic rings. The third kappa shape index (κ3) is 4.01. The Morgan fingerprint density at radius 3 is 2.67 bits per heavy atom. The average molecular weight is 252 g/mol. The van der Waals surface area contributed by atoms with E-state index in [0.717, 1.165) is 18.4 Å². The van der Waals surface area contributed by atoms with Crippen molar-refractivity contribution in [1.82, 2.24) is 0 Å². The lowest BCUT2D eigenvalue weighted by molar-refractivity contribution is -0.132. The lowest BCUT2D eigenvalue weighted by atomic mass is 10.0. The van der Waals surface area contributed by atoms with Crippen LogP contribution < -0.4 is 20.9 Å². The molecule has 0 saturated carbocycles. The minimum atomic E-state index is -0.381. The van der Waals surface area contributed by atoms with Crippen molar-refractivity contribution >= 4 is 5.97 Å². The first-order chi connectivity index (χ1) is 8.58. The van der Waals surface area contributed by atoms with E-state index in [0.29, 0.717) is 18.0 Å². The molecule has 0 aromatic heterocycles. The van der Waals surface area contributed by atoms with Gasteiger partial charge in [0.05, 0.1) is 7.11 Å². The van der Waals surface area contributed by atoms with E-state index in [1.165, 1.54) is 14.0 Å². The monoisotopic (exact) mass is 252 g/mol. The van der Waals surface area contributed by atoms with E-state index < -0.39 is 0 Å². The number of methoxy groups -OCH3 is 1. The van der Waals surface area contributed by atoms with Crippen LogP contribution in [0.25, 0.3) is 0 Å². The van der Waals surface area contributed by atoms with Gasteiger partial charge in [-0.3, -0.25) is 4.79 Å². The number of hydrogen-bond acceptors (Lipinski definition) is 5. The van der Waals surface area contributed by atoms with Gasteiger partial charge >= 0.3 is 5.97 Å². The zero-order chi connectivity index (χ0) is 13.5. The van der Waals surface area contributed by atoms with Crippen molar-refractivity contribution in [3.8, 4) is 11.5 Å². The Bertz CT molecular complexity index is 407. The number of carbonyl (C=O) groups is 1. The summed E-state index contributed by atoms with van der Waals surface area (Å²) in [6, 6.07) is 5.23. The van der Waals surface area contributed by atoms with Gasteiger partial charge in [0.25, 0.3) is 0 Å². The quantitative estimate of drug-likeness (QED) is 0.589. The molecule has 0 aliphatic rings. The predicted octanol–water partition coefficient (Wildman–Crippen LogP) is 1.36. The second-order valence-corrected chi connectivity index (χ2v) is 4.04. The van der Waals surface area contributed by atoms with Gasteiger partial charge in [0.2, 0.25) is 0 Å². The van der Waals surface area contributed by atoms with Crippen molar-refractivity contribution in [3.63, 3.8) is 0 Å². The fraction of sp³-hybridized carbons (Fsp3) is 0.462. The minimum Gasteiger partial charge on any atom is -0.493 e. The maximum Gasteiger partial charge on any atom is 0.308 e. The Kier molecular flexibility index (Phi) is 5.61. The van der Waals surface area contributed by atoms with Crippen LogP contribution in [0.1, 0.15) is 31.4 Å². The van der Waals surface area contributed by atoms with E-state index in [2.05, 4.69) is 0 Å². The molecule has 5 nitrogen and oxygen atoms in total. The Morgan fingerprint density at radius 2 is 2.11 bits per heavy atom. The van der Waals surface area contributed by atoms with E-state index in [1.807, 2.05) is 6.07 Å². The third-order valence-corrected chi connectivity index (χ3v) is 2.59. The van der Waals surface area contributed by atoms with E-state index in [4.69, 9.17) is 20.9 Å². The summed E-state index contributed by atoms with van der Waals surface area (Å²) in [6.07, 6.45) is 1.68. The summed E-state index contributed by atoms with van der Waals surface area (Å²) in [5.74, 6) is 0.527. The summed E-state index contributed by atoms with van der Waals surface area (Å²) >= 11 is 0. The molecule has 0 unspecified atom stereocenters. The van der Waals surface area contributed by atoms with Gasteiger partial charge in [-0.2, -0.15) is 0 Å². The van der Waals surface area contributed by atoms with Crippen molar-refractivity contribution < 1.29 is 14.3 Å². The molecule has 0 radical (unpaired) electrons. The molecule has 0 heterocycles. The van der Waals surface area contributed by atoms with Crippen LogP contribution in [0.4, 0.5) is 0 Å². The van der Waals surface area contributed by atoms with Crippen molar-refractivity contribution in [2.24, 2.45) is 11.5 Å². The third-order valence-electron chi connectivity index (χ3n) is 2.59. The summed E-state index contributed by atoms with van der Waals surface area (Å²) in [6.45, 7) is 1.97. The molecular formula is C13H20N2O3. The van der Waals surface area contributed by atoms with Crippen LogP contribution in [0, 0.1) is 0 Å². The first kappa shape index (κ1) is 14.5. The molecule has 1 aromatic carbocycles. The molecule has 0 amide bonds. The first-order valence-corrected chi connectivity index (χ1v) is 5.90. The molecule has 18 heavy (non-hydrogen) atoms. The van der Waals surface area contributed by atoms with Gasteiger partial charge in [0.1, 0.15) is 0 Å². The second-order valence-electron chi connectivity index (χ2n) is 4.04. The smallest absolute Gasteiger partial charge is 0.308 e. The highest BCUT2D eigenvalue weighted by Crippen LogP contribution is 2.30. The molecule has 0 saturated heterocycles. The largest absolute Gasteiger partial charge is 0.493 e. The van der Waals surface area contributed by atoms with Gasteiger partial charge < -0.3 is 20.9 Å². The lowest BCUT2D eigenvalue weighted by Gasteiger charge is -2.14. The molecule has 4 N–H and O–H groups in total. The zero-order valence-electron chi connectivity index (χ0n) is 10.8. The van der Waals surface area contributed by atoms with Crippen LogP contribution in [0.5, 0.6) is 11.5 Å². The van der Waals surface area contributed by atoms with Gasteiger partial charge in [-0.25, -0.2) is 0 Å². The fourth-order valence-electron chi connectivity index (χ4n) is 1.66. The molecule has 0 fully saturated rings. The van der Waals surface area contributed by atoms with Crippen LogP contribution >= 0.6 is 0 Å². The highest BCUT2D eigenvalue weighted by atomic mass is 16.6. The number of carbonyl (C=O) groups excluding carboxylic acids is 1. The molecule has 5 heteroatoms. The van der Waals surface area contributed by atoms with Crippen molar-refractivity contribution in [2.75, 3.05) is 13.7 Å². The minimum absolute atomic E-state index is 0.0890. The van der Waals surface area contributed by atoms with Gasteiger partial charge in [0.15, 0.2) is 11.5 Å². The molecule has 0 bridgehead atoms. The maximum absolute atomic E-state index is 10.9. The van der Waals surface area contributed by atoms with Gasteiger partial charge in [0, 0.05) is 13.0 Å². The van der Waals surface area contributed by atoms with E-state index in [9.17, 15) is 4.79 Å². The average Bonchev–Trinajstić information content (AvgIpc) is 2.35. The van der Waals surface area contributed by atoms with Crippen molar-refractivity contribution in [3.05, 3.63) is 23.8 Å². The SMILES string of the molecule is COc1cc([C@@H](N)CCCN)ccc1OC(C)=O. The summed E-state index contributed by atoms with van der Waals surface area (Å²) in [7, 11) is 1.53. The highest BCUT2D eigenvalue weighted by Gasteiger charge is 2.11. The number of nitrogens with two attached hydrogens (primary N) is 2. The molecule has 100 valence electrons. The number of ether oxygens (including phenoxy) is 2. The molecule has 0 aliphatic carbocycles. The van der Waals surface area contributed by atoms with Crippen LogP contribution in [0.2, 0.25) is 0 Å². The fourth-order valence-corrected chi connectivity index (χ4v) is 1.66. The first-order valence-electron chi connectivity index (χ1n) is 5.90. The summed E-state index contributed by atoms with van der Waals surface area (Å²) in [4.78, 5) is 10.9. The van der Waals surface area contributed by atoms with Gasteiger partial charge in [-0.1, -0.05) is 6.07 Å². The lowest BCUT2D eigenvalue weighted by Crippen LogP contribution is -2.13. The van der Waals surface area contributed by atoms with Crippen LogP contribution in [-0.4, -0.2) is 19.6 Å². The Balaban J connectivity index is 2.87. The number of esters is 1. The predicted molar refractivity (Wildman–Crippen MR) is 69.5 cm³/mol. The Hall–Kier alpha value is -1.59. The topological polar surface area (TPSA) is 87.6 Å². The molecule has 1 rings (SSSR count).